The molecule has 6 nitrogen and oxygen atoms in total. The normalized spacial score (nSPS) is 12.0. The molecule has 2 amide bonds. The van der Waals surface area contributed by atoms with E-state index in [1.807, 2.05) is 13.8 Å². The number of hydrogen-bond acceptors (Lipinski definition) is 3. The fourth-order valence-corrected chi connectivity index (χ4v) is 1.81. The van der Waals surface area contributed by atoms with Crippen LogP contribution < -0.4 is 10.6 Å². The van der Waals surface area contributed by atoms with Gasteiger partial charge in [0.05, 0.1) is 5.02 Å². The molecule has 1 heterocycles. The number of halogens is 1. The maximum atomic E-state index is 11.7. The van der Waals surface area contributed by atoms with E-state index in [9.17, 15) is 9.59 Å². The van der Waals surface area contributed by atoms with Crippen LogP contribution in [0.15, 0.2) is 18.5 Å². The predicted molar refractivity (Wildman–Crippen MR) is 75.5 cm³/mol. The summed E-state index contributed by atoms with van der Waals surface area (Å²) in [7, 11) is 0. The largest absolute Gasteiger partial charge is 0.480 e. The minimum Gasteiger partial charge on any atom is -0.480 e. The lowest BCUT2D eigenvalue weighted by Gasteiger charge is -2.17. The van der Waals surface area contributed by atoms with Crippen molar-refractivity contribution in [3.05, 3.63) is 29.0 Å². The van der Waals surface area contributed by atoms with E-state index in [1.54, 1.807) is 12.3 Å². The van der Waals surface area contributed by atoms with Crippen molar-refractivity contribution in [1.29, 1.82) is 0 Å². The summed E-state index contributed by atoms with van der Waals surface area (Å²) < 4.78 is 0. The molecule has 20 heavy (non-hydrogen) atoms. The Bertz CT molecular complexity index is 480. The lowest BCUT2D eigenvalue weighted by Crippen LogP contribution is -2.46. The van der Waals surface area contributed by atoms with Gasteiger partial charge in [-0.1, -0.05) is 25.4 Å². The van der Waals surface area contributed by atoms with E-state index in [1.165, 1.54) is 6.20 Å². The summed E-state index contributed by atoms with van der Waals surface area (Å²) in [5.41, 5.74) is 0.715. The molecule has 0 aromatic carbocycles. The topological polar surface area (TPSA) is 91.3 Å². The maximum Gasteiger partial charge on any atom is 0.326 e. The Hall–Kier alpha value is -1.82. The molecular formula is C13H18ClN3O3. The number of carbonyl (C=O) groups excluding carboxylic acids is 1. The van der Waals surface area contributed by atoms with Crippen molar-refractivity contribution in [3.63, 3.8) is 0 Å². The highest BCUT2D eigenvalue weighted by Gasteiger charge is 2.20. The van der Waals surface area contributed by atoms with E-state index in [2.05, 4.69) is 15.6 Å². The van der Waals surface area contributed by atoms with Crippen molar-refractivity contribution in [3.8, 4) is 0 Å². The van der Waals surface area contributed by atoms with Crippen LogP contribution in [0.1, 0.15) is 25.8 Å². The van der Waals surface area contributed by atoms with Gasteiger partial charge in [0.1, 0.15) is 6.04 Å². The van der Waals surface area contributed by atoms with E-state index < -0.39 is 18.0 Å². The summed E-state index contributed by atoms with van der Waals surface area (Å²) in [4.78, 5) is 26.5. The van der Waals surface area contributed by atoms with E-state index in [0.717, 1.165) is 0 Å². The van der Waals surface area contributed by atoms with Gasteiger partial charge in [-0.3, -0.25) is 4.98 Å². The second kappa shape index (κ2) is 7.69. The van der Waals surface area contributed by atoms with Crippen LogP contribution in [-0.2, 0) is 11.3 Å². The van der Waals surface area contributed by atoms with Crippen LogP contribution in [0.25, 0.3) is 0 Å². The molecule has 0 fully saturated rings. The second-order valence-electron chi connectivity index (χ2n) is 4.81. The Morgan fingerprint density at radius 3 is 2.70 bits per heavy atom. The zero-order valence-electron chi connectivity index (χ0n) is 11.4. The summed E-state index contributed by atoms with van der Waals surface area (Å²) in [6.07, 6.45) is 3.42. The molecule has 7 heteroatoms. The van der Waals surface area contributed by atoms with Gasteiger partial charge in [-0.15, -0.1) is 0 Å². The Morgan fingerprint density at radius 1 is 1.45 bits per heavy atom. The summed E-state index contributed by atoms with van der Waals surface area (Å²) in [5.74, 6) is -0.873. The lowest BCUT2D eigenvalue weighted by atomic mass is 10.0. The summed E-state index contributed by atoms with van der Waals surface area (Å²) in [6, 6.07) is 0.250. The first-order chi connectivity index (χ1) is 9.40. The van der Waals surface area contributed by atoms with Crippen LogP contribution in [0.3, 0.4) is 0 Å². The van der Waals surface area contributed by atoms with Gasteiger partial charge in [0.2, 0.25) is 0 Å². The highest BCUT2D eigenvalue weighted by molar-refractivity contribution is 6.31. The third-order valence-electron chi connectivity index (χ3n) is 2.61. The standard InChI is InChI=1S/C13H18ClN3O3/c1-8(2)5-11(12(18)19)17-13(20)16-6-9-3-4-15-7-10(9)14/h3-4,7-8,11H,5-6H2,1-2H3,(H,18,19)(H2,16,17,20). The van der Waals surface area contributed by atoms with Crippen molar-refractivity contribution in [2.75, 3.05) is 0 Å². The van der Waals surface area contributed by atoms with Gasteiger partial charge in [0.15, 0.2) is 0 Å². The van der Waals surface area contributed by atoms with Gasteiger partial charge >= 0.3 is 12.0 Å². The van der Waals surface area contributed by atoms with Crippen LogP contribution >= 0.6 is 11.6 Å². The minimum atomic E-state index is -1.05. The summed E-state index contributed by atoms with van der Waals surface area (Å²) in [5, 5.41) is 14.5. The van der Waals surface area contributed by atoms with E-state index in [-0.39, 0.29) is 12.5 Å². The van der Waals surface area contributed by atoms with Gasteiger partial charge in [-0.2, -0.15) is 0 Å². The molecule has 3 N–H and O–H groups in total. The van der Waals surface area contributed by atoms with E-state index >= 15 is 0 Å². The maximum absolute atomic E-state index is 11.7. The van der Waals surface area contributed by atoms with Crippen LogP contribution in [0.5, 0.6) is 0 Å². The number of rotatable bonds is 6. The average molecular weight is 300 g/mol. The van der Waals surface area contributed by atoms with Gasteiger partial charge in [-0.25, -0.2) is 9.59 Å². The number of carbonyl (C=O) groups is 2. The molecule has 1 unspecified atom stereocenters. The van der Waals surface area contributed by atoms with Gasteiger partial charge in [0, 0.05) is 18.9 Å². The van der Waals surface area contributed by atoms with E-state index in [0.29, 0.717) is 17.0 Å². The molecule has 0 radical (unpaired) electrons. The first-order valence-electron chi connectivity index (χ1n) is 6.25. The fraction of sp³-hybridized carbons (Fsp3) is 0.462. The van der Waals surface area contributed by atoms with Crippen molar-refractivity contribution < 1.29 is 14.7 Å². The number of urea groups is 1. The number of aromatic nitrogens is 1. The summed E-state index contributed by atoms with van der Waals surface area (Å²) >= 11 is 5.90. The Morgan fingerprint density at radius 2 is 2.15 bits per heavy atom. The SMILES string of the molecule is CC(C)CC(NC(=O)NCc1ccncc1Cl)C(=O)O. The minimum absolute atomic E-state index is 0.172. The molecule has 0 aliphatic rings. The number of pyridine rings is 1. The molecule has 0 saturated heterocycles. The predicted octanol–water partition coefficient (Wildman–Crippen LogP) is 2.03. The van der Waals surface area contributed by atoms with Crippen LogP contribution in [0.4, 0.5) is 4.79 Å². The van der Waals surface area contributed by atoms with Crippen molar-refractivity contribution in [2.45, 2.75) is 32.9 Å². The smallest absolute Gasteiger partial charge is 0.326 e. The first kappa shape index (κ1) is 16.2. The van der Waals surface area contributed by atoms with E-state index in [4.69, 9.17) is 16.7 Å². The average Bonchev–Trinajstić information content (AvgIpc) is 2.36. The van der Waals surface area contributed by atoms with Crippen molar-refractivity contribution in [1.82, 2.24) is 15.6 Å². The molecule has 1 atom stereocenters. The van der Waals surface area contributed by atoms with Gasteiger partial charge in [-0.05, 0) is 24.0 Å². The molecule has 0 aliphatic heterocycles. The highest BCUT2D eigenvalue weighted by atomic mass is 35.5. The number of amides is 2. The number of hydrogen-bond donors (Lipinski definition) is 3. The van der Waals surface area contributed by atoms with Crippen molar-refractivity contribution >= 4 is 23.6 Å². The third-order valence-corrected chi connectivity index (χ3v) is 2.95. The second-order valence-corrected chi connectivity index (χ2v) is 5.22. The molecule has 1 rings (SSSR count). The van der Waals surface area contributed by atoms with Gasteiger partial charge in [0.25, 0.3) is 0 Å². The molecular weight excluding hydrogens is 282 g/mol. The number of carboxylic acid groups (broad SMARTS) is 1. The molecule has 110 valence electrons. The Kier molecular flexibility index (Phi) is 6.24. The molecule has 1 aromatic heterocycles. The number of carboxylic acids is 1. The van der Waals surface area contributed by atoms with Crippen LogP contribution in [0, 0.1) is 5.92 Å². The highest BCUT2D eigenvalue weighted by Crippen LogP contribution is 2.12. The van der Waals surface area contributed by atoms with Crippen LogP contribution in [0.2, 0.25) is 5.02 Å². The number of aliphatic carboxylic acids is 1. The monoisotopic (exact) mass is 299 g/mol. The quantitative estimate of drug-likeness (QED) is 0.749. The Balaban J connectivity index is 2.50. The van der Waals surface area contributed by atoms with Crippen molar-refractivity contribution in [2.24, 2.45) is 5.92 Å². The summed E-state index contributed by atoms with van der Waals surface area (Å²) in [6.45, 7) is 4.00. The van der Waals surface area contributed by atoms with Gasteiger partial charge < -0.3 is 15.7 Å². The van der Waals surface area contributed by atoms with Crippen LogP contribution in [-0.4, -0.2) is 28.1 Å². The number of nitrogens with one attached hydrogen (secondary N) is 2. The molecule has 1 aromatic rings. The zero-order valence-corrected chi connectivity index (χ0v) is 12.1. The lowest BCUT2D eigenvalue weighted by molar-refractivity contribution is -0.139. The fourth-order valence-electron chi connectivity index (χ4n) is 1.63. The number of nitrogens with zero attached hydrogens (tertiary/aromatic N) is 1. The molecule has 0 bridgehead atoms. The molecule has 0 spiro atoms. The first-order valence-corrected chi connectivity index (χ1v) is 6.63. The third kappa shape index (κ3) is 5.44. The molecule has 0 aliphatic carbocycles. The molecule has 0 saturated carbocycles. The zero-order chi connectivity index (χ0) is 15.1. The Labute approximate surface area is 122 Å².